The number of aliphatic carboxylic acids is 1. The number of hydrogen-bond acceptors (Lipinski definition) is 3. The molecule has 2 amide bonds. The van der Waals surface area contributed by atoms with E-state index in [-0.39, 0.29) is 18.5 Å². The smallest absolute Gasteiger partial charge is 0.322 e. The molecule has 0 aliphatic rings. The maximum atomic E-state index is 13.2. The number of carboxylic acid groups (broad SMARTS) is 1. The molecular weight excluding hydrogens is 456 g/mol. The molecule has 0 bridgehead atoms. The number of hydrogen-bond donors (Lipinski definition) is 2. The van der Waals surface area contributed by atoms with Gasteiger partial charge in [-0.05, 0) is 60.9 Å². The molecular formula is C29H34N2O3S. The number of nitrogens with zero attached hydrogens (tertiary/aromatic N) is 1. The lowest BCUT2D eigenvalue weighted by Crippen LogP contribution is -2.37. The normalized spacial score (nSPS) is 11.6. The molecule has 0 fully saturated rings. The van der Waals surface area contributed by atoms with Crippen LogP contribution in [0.2, 0.25) is 0 Å². The van der Waals surface area contributed by atoms with Gasteiger partial charge < -0.3 is 15.3 Å². The second-order valence-electron chi connectivity index (χ2n) is 8.61. The third-order valence-electron chi connectivity index (χ3n) is 5.88. The summed E-state index contributed by atoms with van der Waals surface area (Å²) in [5, 5.41) is 12.0. The fourth-order valence-corrected chi connectivity index (χ4v) is 4.70. The Hall–Kier alpha value is -3.25. The van der Waals surface area contributed by atoms with Crippen LogP contribution in [0.15, 0.2) is 88.7 Å². The highest BCUT2D eigenvalue weighted by atomic mass is 32.2. The van der Waals surface area contributed by atoms with Gasteiger partial charge in [-0.3, -0.25) is 4.79 Å². The lowest BCUT2D eigenvalue weighted by molar-refractivity contribution is -0.136. The minimum absolute atomic E-state index is 0.0169. The van der Waals surface area contributed by atoms with Gasteiger partial charge in [-0.2, -0.15) is 0 Å². The molecule has 3 rings (SSSR count). The molecule has 0 saturated heterocycles. The van der Waals surface area contributed by atoms with Gasteiger partial charge in [0.25, 0.3) is 0 Å². The molecule has 0 aromatic heterocycles. The first kappa shape index (κ1) is 26.4. The molecule has 0 radical (unpaired) electrons. The van der Waals surface area contributed by atoms with E-state index in [4.69, 9.17) is 5.11 Å². The van der Waals surface area contributed by atoms with Crippen LogP contribution in [0, 0.1) is 0 Å². The van der Waals surface area contributed by atoms with Crippen LogP contribution in [-0.2, 0) is 11.2 Å². The molecule has 3 aromatic carbocycles. The third kappa shape index (κ3) is 8.48. The summed E-state index contributed by atoms with van der Waals surface area (Å²) in [4.78, 5) is 28.1. The number of benzene rings is 3. The minimum atomic E-state index is -0.833. The second kappa shape index (κ2) is 13.6. The lowest BCUT2D eigenvalue weighted by atomic mass is 10.1. The fraction of sp³-hybridized carbons (Fsp3) is 0.310. The highest BCUT2D eigenvalue weighted by Gasteiger charge is 2.21. The summed E-state index contributed by atoms with van der Waals surface area (Å²) >= 11 is 1.60. The molecule has 1 unspecified atom stereocenters. The van der Waals surface area contributed by atoms with Crippen LogP contribution in [-0.4, -0.2) is 28.6 Å². The Morgan fingerprint density at radius 2 is 1.51 bits per heavy atom. The first-order valence-corrected chi connectivity index (χ1v) is 13.0. The molecule has 184 valence electrons. The third-order valence-corrected chi connectivity index (χ3v) is 6.90. The molecule has 0 spiro atoms. The largest absolute Gasteiger partial charge is 0.481 e. The zero-order chi connectivity index (χ0) is 25.0. The predicted molar refractivity (Wildman–Crippen MR) is 143 cm³/mol. The van der Waals surface area contributed by atoms with Gasteiger partial charge in [-0.15, -0.1) is 0 Å². The van der Waals surface area contributed by atoms with Gasteiger partial charge in [0.2, 0.25) is 0 Å². The number of carboxylic acids is 1. The molecule has 5 nitrogen and oxygen atoms in total. The number of nitrogens with one attached hydrogen (secondary N) is 1. The summed E-state index contributed by atoms with van der Waals surface area (Å²) in [6.45, 7) is 4.98. The maximum absolute atomic E-state index is 13.2. The van der Waals surface area contributed by atoms with Crippen molar-refractivity contribution >= 4 is 29.4 Å². The van der Waals surface area contributed by atoms with E-state index >= 15 is 0 Å². The first-order chi connectivity index (χ1) is 17.0. The molecule has 3 aromatic rings. The Kier molecular flexibility index (Phi) is 10.2. The van der Waals surface area contributed by atoms with Crippen molar-refractivity contribution in [2.24, 2.45) is 0 Å². The standard InChI is InChI=1S/C29H34N2O3S/c1-3-4-5-9-20-31(22(2)24-10-7-6-8-11-24)29(34)30-25-14-18-27(19-15-25)35-26-16-12-23(13-17-26)21-28(32)33/h6-8,10-19,22H,3-5,9,20-21H2,1-2H3,(H,30,34)(H,32,33). The number of carbonyl (C=O) groups excluding carboxylic acids is 1. The average Bonchev–Trinajstić information content (AvgIpc) is 2.86. The van der Waals surface area contributed by atoms with Gasteiger partial charge in [0.15, 0.2) is 0 Å². The van der Waals surface area contributed by atoms with E-state index in [0.29, 0.717) is 6.54 Å². The summed E-state index contributed by atoms with van der Waals surface area (Å²) < 4.78 is 0. The Morgan fingerprint density at radius 1 is 0.886 bits per heavy atom. The van der Waals surface area contributed by atoms with Crippen LogP contribution in [0.4, 0.5) is 10.5 Å². The number of carbonyl (C=O) groups is 2. The maximum Gasteiger partial charge on any atom is 0.322 e. The van der Waals surface area contributed by atoms with E-state index in [1.54, 1.807) is 11.8 Å². The molecule has 6 heteroatoms. The topological polar surface area (TPSA) is 69.6 Å². The van der Waals surface area contributed by atoms with Crippen molar-refractivity contribution in [2.75, 3.05) is 11.9 Å². The summed E-state index contributed by atoms with van der Waals surface area (Å²) in [7, 11) is 0. The Balaban J connectivity index is 1.63. The number of amides is 2. The van der Waals surface area contributed by atoms with E-state index in [0.717, 1.165) is 45.9 Å². The number of anilines is 1. The predicted octanol–water partition coefficient (Wildman–Crippen LogP) is 7.64. The Bertz CT molecular complexity index is 1070. The number of urea groups is 1. The SMILES string of the molecule is CCCCCCN(C(=O)Nc1ccc(Sc2ccc(CC(=O)O)cc2)cc1)C(C)c1ccccc1. The van der Waals surface area contributed by atoms with Crippen LogP contribution < -0.4 is 5.32 Å². The van der Waals surface area contributed by atoms with Crippen molar-refractivity contribution in [2.45, 2.75) is 61.8 Å². The summed E-state index contributed by atoms with van der Waals surface area (Å²) in [5.74, 6) is -0.833. The number of unbranched alkanes of at least 4 members (excludes halogenated alkanes) is 3. The van der Waals surface area contributed by atoms with Gasteiger partial charge in [-0.25, -0.2) is 4.79 Å². The zero-order valence-corrected chi connectivity index (χ0v) is 21.3. The molecule has 1 atom stereocenters. The van der Waals surface area contributed by atoms with E-state index in [1.807, 2.05) is 71.6 Å². The molecule has 2 N–H and O–H groups in total. The van der Waals surface area contributed by atoms with E-state index in [1.165, 1.54) is 6.42 Å². The van der Waals surface area contributed by atoms with Crippen molar-refractivity contribution in [3.8, 4) is 0 Å². The van der Waals surface area contributed by atoms with Crippen LogP contribution in [0.3, 0.4) is 0 Å². The number of rotatable bonds is 12. The molecule has 0 aliphatic carbocycles. The van der Waals surface area contributed by atoms with Crippen LogP contribution in [0.5, 0.6) is 0 Å². The average molecular weight is 491 g/mol. The van der Waals surface area contributed by atoms with E-state index < -0.39 is 5.97 Å². The van der Waals surface area contributed by atoms with Crippen molar-refractivity contribution in [3.63, 3.8) is 0 Å². The Morgan fingerprint density at radius 3 is 2.11 bits per heavy atom. The van der Waals surface area contributed by atoms with E-state index in [9.17, 15) is 9.59 Å². The molecule has 0 saturated carbocycles. The van der Waals surface area contributed by atoms with Crippen molar-refractivity contribution in [1.82, 2.24) is 4.90 Å². The minimum Gasteiger partial charge on any atom is -0.481 e. The van der Waals surface area contributed by atoms with Gasteiger partial charge in [0.1, 0.15) is 0 Å². The molecule has 0 aliphatic heterocycles. The highest BCUT2D eigenvalue weighted by molar-refractivity contribution is 7.99. The van der Waals surface area contributed by atoms with Crippen LogP contribution in [0.1, 0.15) is 56.7 Å². The lowest BCUT2D eigenvalue weighted by Gasteiger charge is -2.30. The Labute approximate surface area is 212 Å². The van der Waals surface area contributed by atoms with Gasteiger partial charge >= 0.3 is 12.0 Å². The molecule has 35 heavy (non-hydrogen) atoms. The van der Waals surface area contributed by atoms with Crippen LogP contribution in [0.25, 0.3) is 0 Å². The van der Waals surface area contributed by atoms with Gasteiger partial charge in [0, 0.05) is 22.0 Å². The zero-order valence-electron chi connectivity index (χ0n) is 20.4. The summed E-state index contributed by atoms with van der Waals surface area (Å²) in [5.41, 5.74) is 2.66. The van der Waals surface area contributed by atoms with E-state index in [2.05, 4.69) is 31.3 Å². The van der Waals surface area contributed by atoms with Crippen molar-refractivity contribution in [1.29, 1.82) is 0 Å². The van der Waals surface area contributed by atoms with Crippen molar-refractivity contribution in [3.05, 3.63) is 90.0 Å². The van der Waals surface area contributed by atoms with Gasteiger partial charge in [0.05, 0.1) is 12.5 Å². The monoisotopic (exact) mass is 490 g/mol. The summed E-state index contributed by atoms with van der Waals surface area (Å²) in [6, 6.07) is 25.4. The first-order valence-electron chi connectivity index (χ1n) is 12.2. The highest BCUT2D eigenvalue weighted by Crippen LogP contribution is 2.29. The molecule has 0 heterocycles. The van der Waals surface area contributed by atoms with Crippen molar-refractivity contribution < 1.29 is 14.7 Å². The quantitative estimate of drug-likeness (QED) is 0.256. The van der Waals surface area contributed by atoms with Crippen LogP contribution >= 0.6 is 11.8 Å². The fourth-order valence-electron chi connectivity index (χ4n) is 3.88. The summed E-state index contributed by atoms with van der Waals surface area (Å²) in [6.07, 6.45) is 4.47. The second-order valence-corrected chi connectivity index (χ2v) is 9.76. The van der Waals surface area contributed by atoms with Gasteiger partial charge in [-0.1, -0.05) is 80.4 Å².